The number of aryl methyl sites for hydroxylation is 1. The number of hydrogen-bond acceptors (Lipinski definition) is 3. The summed E-state index contributed by atoms with van der Waals surface area (Å²) in [5.41, 5.74) is 4.35. The summed E-state index contributed by atoms with van der Waals surface area (Å²) in [4.78, 5) is 12.9. The van der Waals surface area contributed by atoms with E-state index in [9.17, 15) is 13.2 Å². The molecule has 2 aliphatic rings. The third-order valence-electron chi connectivity index (χ3n) is 5.14. The van der Waals surface area contributed by atoms with Gasteiger partial charge in [0.05, 0.1) is 4.90 Å². The van der Waals surface area contributed by atoms with Crippen molar-refractivity contribution in [3.8, 4) is 0 Å². The van der Waals surface area contributed by atoms with Crippen LogP contribution in [0, 0.1) is 6.92 Å². The summed E-state index contributed by atoms with van der Waals surface area (Å²) in [7, 11) is -3.61. The van der Waals surface area contributed by atoms with Crippen LogP contribution in [-0.2, 0) is 14.8 Å². The smallest absolute Gasteiger partial charge is 0.243 e. The van der Waals surface area contributed by atoms with E-state index >= 15 is 0 Å². The molecule has 0 unspecified atom stereocenters. The number of benzene rings is 2. The fraction of sp³-hybridized carbons (Fsp3) is 0.227. The highest BCUT2D eigenvalue weighted by Gasteiger charge is 2.34. The Morgan fingerprint density at radius 2 is 1.67 bits per heavy atom. The lowest BCUT2D eigenvalue weighted by Crippen LogP contribution is -2.33. The molecule has 0 N–H and O–H groups in total. The molecule has 138 valence electrons. The zero-order chi connectivity index (χ0) is 19.0. The van der Waals surface area contributed by atoms with E-state index in [0.717, 1.165) is 22.3 Å². The second-order valence-electron chi connectivity index (χ2n) is 6.99. The molecule has 0 amide bonds. The highest BCUT2D eigenvalue weighted by molar-refractivity contribution is 7.89. The molecule has 4 rings (SSSR count). The molecule has 1 heterocycles. The number of ketones is 1. The first kappa shape index (κ1) is 17.9. The number of allylic oxidation sites excluding steroid dienone is 1. The molecule has 0 aromatic heterocycles. The number of Topliss-reactive ketones (excluding diaryl/α,β-unsaturated/α-hetero) is 1. The molecule has 1 aliphatic heterocycles. The van der Waals surface area contributed by atoms with Gasteiger partial charge in [0.1, 0.15) is 0 Å². The first-order valence-corrected chi connectivity index (χ1v) is 10.5. The molecule has 27 heavy (non-hydrogen) atoms. The number of fused-ring (bicyclic) bond motifs is 1. The highest BCUT2D eigenvalue weighted by atomic mass is 32.2. The number of hydrogen-bond donors (Lipinski definition) is 0. The summed E-state index contributed by atoms with van der Waals surface area (Å²) < 4.78 is 27.8. The Balaban J connectivity index is 1.76. The van der Waals surface area contributed by atoms with Crippen LogP contribution >= 0.6 is 0 Å². The Kier molecular flexibility index (Phi) is 4.58. The lowest BCUT2D eigenvalue weighted by molar-refractivity contribution is -0.112. The maximum atomic E-state index is 13.2. The molecule has 0 radical (unpaired) electrons. The van der Waals surface area contributed by atoms with Gasteiger partial charge in [0.25, 0.3) is 0 Å². The standard InChI is InChI=1S/C22H21NO3S/c1-16-9-11-19(12-10-16)27(25,26)23-13-5-8-18-14-21(24)22(20(18)15-23)17-6-3-2-4-7-17/h2-4,6-12H,5,13-15H2,1H3. The fourth-order valence-electron chi connectivity index (χ4n) is 3.72. The first-order valence-electron chi connectivity index (χ1n) is 9.05. The molecule has 0 atom stereocenters. The van der Waals surface area contributed by atoms with Gasteiger partial charge in [-0.15, -0.1) is 0 Å². The monoisotopic (exact) mass is 379 g/mol. The summed E-state index contributed by atoms with van der Waals surface area (Å²) in [6.45, 7) is 2.58. The van der Waals surface area contributed by atoms with Crippen LogP contribution in [0.25, 0.3) is 5.57 Å². The Morgan fingerprint density at radius 3 is 2.37 bits per heavy atom. The quantitative estimate of drug-likeness (QED) is 0.816. The van der Waals surface area contributed by atoms with Gasteiger partial charge in [-0.3, -0.25) is 4.79 Å². The summed E-state index contributed by atoms with van der Waals surface area (Å²) in [6.07, 6.45) is 2.99. The Hall–Kier alpha value is -2.50. The minimum absolute atomic E-state index is 0.0667. The van der Waals surface area contributed by atoms with Crippen molar-refractivity contribution in [1.82, 2.24) is 4.31 Å². The van der Waals surface area contributed by atoms with Crippen LogP contribution in [0.2, 0.25) is 0 Å². The van der Waals surface area contributed by atoms with Crippen LogP contribution < -0.4 is 0 Å². The van der Waals surface area contributed by atoms with Crippen LogP contribution in [0.4, 0.5) is 0 Å². The highest BCUT2D eigenvalue weighted by Crippen LogP contribution is 2.38. The van der Waals surface area contributed by atoms with E-state index in [1.165, 1.54) is 4.31 Å². The predicted molar refractivity (Wildman–Crippen MR) is 106 cm³/mol. The van der Waals surface area contributed by atoms with Gasteiger partial charge >= 0.3 is 0 Å². The molecule has 5 heteroatoms. The summed E-state index contributed by atoms with van der Waals surface area (Å²) in [5.74, 6) is 0.0667. The van der Waals surface area contributed by atoms with Crippen LogP contribution in [-0.4, -0.2) is 31.6 Å². The average molecular weight is 379 g/mol. The van der Waals surface area contributed by atoms with E-state index in [4.69, 9.17) is 0 Å². The van der Waals surface area contributed by atoms with Gasteiger partial charge in [-0.2, -0.15) is 4.31 Å². The number of carbonyl (C=O) groups excluding carboxylic acids is 1. The predicted octanol–water partition coefficient (Wildman–Crippen LogP) is 3.74. The topological polar surface area (TPSA) is 54.5 Å². The Morgan fingerprint density at radius 1 is 0.963 bits per heavy atom. The third kappa shape index (κ3) is 3.29. The van der Waals surface area contributed by atoms with E-state index in [-0.39, 0.29) is 12.3 Å². The Labute approximate surface area is 159 Å². The van der Waals surface area contributed by atoms with Crippen LogP contribution in [0.3, 0.4) is 0 Å². The molecule has 2 aromatic rings. The molecular formula is C22H21NO3S. The molecule has 0 bridgehead atoms. The van der Waals surface area contributed by atoms with Gasteiger partial charge in [0, 0.05) is 25.1 Å². The average Bonchev–Trinajstić information content (AvgIpc) is 2.83. The van der Waals surface area contributed by atoms with E-state index in [1.807, 2.05) is 55.5 Å². The van der Waals surface area contributed by atoms with E-state index in [0.29, 0.717) is 29.9 Å². The van der Waals surface area contributed by atoms with Crippen molar-refractivity contribution in [2.45, 2.75) is 24.7 Å². The molecule has 4 nitrogen and oxygen atoms in total. The first-order chi connectivity index (χ1) is 13.0. The summed E-state index contributed by atoms with van der Waals surface area (Å²) in [5, 5.41) is 0. The van der Waals surface area contributed by atoms with Gasteiger partial charge in [-0.25, -0.2) is 8.42 Å². The van der Waals surface area contributed by atoms with Crippen molar-refractivity contribution in [2.75, 3.05) is 13.1 Å². The zero-order valence-electron chi connectivity index (χ0n) is 15.2. The molecule has 0 fully saturated rings. The maximum Gasteiger partial charge on any atom is 0.243 e. The molecule has 1 aliphatic carbocycles. The minimum Gasteiger partial charge on any atom is -0.294 e. The molecule has 0 saturated heterocycles. The number of rotatable bonds is 3. The van der Waals surface area contributed by atoms with Crippen molar-refractivity contribution < 1.29 is 13.2 Å². The van der Waals surface area contributed by atoms with Crippen molar-refractivity contribution in [1.29, 1.82) is 0 Å². The third-order valence-corrected chi connectivity index (χ3v) is 7.00. The van der Waals surface area contributed by atoms with E-state index < -0.39 is 10.0 Å². The van der Waals surface area contributed by atoms with E-state index in [2.05, 4.69) is 0 Å². The lowest BCUT2D eigenvalue weighted by Gasteiger charge is -2.21. The van der Waals surface area contributed by atoms with Gasteiger partial charge < -0.3 is 0 Å². The van der Waals surface area contributed by atoms with Gasteiger partial charge in [0.2, 0.25) is 10.0 Å². The molecule has 0 spiro atoms. The largest absolute Gasteiger partial charge is 0.294 e. The van der Waals surface area contributed by atoms with Gasteiger partial charge in [-0.1, -0.05) is 54.1 Å². The number of sulfonamides is 1. The van der Waals surface area contributed by atoms with Crippen molar-refractivity contribution in [3.63, 3.8) is 0 Å². The van der Waals surface area contributed by atoms with Gasteiger partial charge in [0.15, 0.2) is 5.78 Å². The van der Waals surface area contributed by atoms with Crippen molar-refractivity contribution in [2.24, 2.45) is 0 Å². The second kappa shape index (κ2) is 6.91. The SMILES string of the molecule is Cc1ccc(S(=O)(=O)N2CCC=C3CC(=O)C(c4ccccc4)=C3C2)cc1. The number of nitrogens with zero attached hydrogens (tertiary/aromatic N) is 1. The maximum absolute atomic E-state index is 13.2. The van der Waals surface area contributed by atoms with E-state index in [1.54, 1.807) is 12.1 Å². The molecule has 2 aromatic carbocycles. The van der Waals surface area contributed by atoms with Crippen molar-refractivity contribution >= 4 is 21.4 Å². The van der Waals surface area contributed by atoms with Crippen LogP contribution in [0.5, 0.6) is 0 Å². The molecular weight excluding hydrogens is 358 g/mol. The fourth-order valence-corrected chi connectivity index (χ4v) is 5.14. The lowest BCUT2D eigenvalue weighted by atomic mass is 10.0. The van der Waals surface area contributed by atoms with Gasteiger partial charge in [-0.05, 0) is 42.2 Å². The Bertz CT molecular complexity index is 1050. The van der Waals surface area contributed by atoms with Crippen LogP contribution in [0.1, 0.15) is 24.0 Å². The number of carbonyl (C=O) groups is 1. The van der Waals surface area contributed by atoms with Crippen LogP contribution in [0.15, 0.2) is 76.7 Å². The molecule has 0 saturated carbocycles. The van der Waals surface area contributed by atoms with Crippen molar-refractivity contribution in [3.05, 3.63) is 82.9 Å². The minimum atomic E-state index is -3.61. The second-order valence-corrected chi connectivity index (χ2v) is 8.93. The summed E-state index contributed by atoms with van der Waals surface area (Å²) >= 11 is 0. The normalized spacial score (nSPS) is 18.3. The zero-order valence-corrected chi connectivity index (χ0v) is 16.0. The summed E-state index contributed by atoms with van der Waals surface area (Å²) in [6, 6.07) is 16.4.